The number of ether oxygens (including phenoxy) is 2. The lowest BCUT2D eigenvalue weighted by Gasteiger charge is -2.26. The van der Waals surface area contributed by atoms with Crippen molar-refractivity contribution < 1.29 is 23.9 Å². The first kappa shape index (κ1) is 19.2. The van der Waals surface area contributed by atoms with Crippen molar-refractivity contribution in [3.05, 3.63) is 12.3 Å². The van der Waals surface area contributed by atoms with Gasteiger partial charge in [0.1, 0.15) is 5.60 Å². The number of rotatable bonds is 4. The summed E-state index contributed by atoms with van der Waals surface area (Å²) in [6.45, 7) is 9.84. The Labute approximate surface area is 129 Å². The highest BCUT2D eigenvalue weighted by molar-refractivity contribution is 6.62. The standard InChI is InChI=1S/C13H21ClN2O5/c1-9(2)20-11(18)16(8-7-15(6)10(14)17)12(19)21-13(3,4)5/h1,7-8H2,2-6H3. The van der Waals surface area contributed by atoms with Crippen molar-refractivity contribution in [3.8, 4) is 0 Å². The third-order valence-electron chi connectivity index (χ3n) is 2.05. The van der Waals surface area contributed by atoms with E-state index in [0.29, 0.717) is 0 Å². The molecule has 0 saturated heterocycles. The van der Waals surface area contributed by atoms with Gasteiger partial charge in [-0.1, -0.05) is 6.58 Å². The van der Waals surface area contributed by atoms with E-state index in [1.165, 1.54) is 14.0 Å². The van der Waals surface area contributed by atoms with Crippen LogP contribution in [0.1, 0.15) is 27.7 Å². The average molecular weight is 321 g/mol. The van der Waals surface area contributed by atoms with Gasteiger partial charge in [0.2, 0.25) is 0 Å². The van der Waals surface area contributed by atoms with E-state index in [4.69, 9.17) is 21.1 Å². The van der Waals surface area contributed by atoms with Crippen molar-refractivity contribution in [3.63, 3.8) is 0 Å². The van der Waals surface area contributed by atoms with Gasteiger partial charge in [0.05, 0.1) is 12.3 Å². The molecule has 120 valence electrons. The Balaban J connectivity index is 4.92. The summed E-state index contributed by atoms with van der Waals surface area (Å²) < 4.78 is 9.91. The molecule has 8 heteroatoms. The second kappa shape index (κ2) is 7.87. The van der Waals surface area contributed by atoms with E-state index in [9.17, 15) is 14.4 Å². The van der Waals surface area contributed by atoms with Crippen LogP contribution in [0.5, 0.6) is 0 Å². The molecular weight excluding hydrogens is 300 g/mol. The fourth-order valence-electron chi connectivity index (χ4n) is 1.12. The van der Waals surface area contributed by atoms with Crippen molar-refractivity contribution in [2.45, 2.75) is 33.3 Å². The highest BCUT2D eigenvalue weighted by atomic mass is 35.5. The number of hydrogen-bond acceptors (Lipinski definition) is 5. The predicted octanol–water partition coefficient (Wildman–Crippen LogP) is 3.18. The van der Waals surface area contributed by atoms with E-state index in [0.717, 1.165) is 9.80 Å². The van der Waals surface area contributed by atoms with Crippen LogP contribution in [0.15, 0.2) is 12.3 Å². The Morgan fingerprint density at radius 3 is 2.05 bits per heavy atom. The number of allylic oxidation sites excluding steroid dienone is 1. The molecule has 0 fully saturated rings. The topological polar surface area (TPSA) is 76.2 Å². The number of nitrogens with zero attached hydrogens (tertiary/aromatic N) is 2. The van der Waals surface area contributed by atoms with Gasteiger partial charge in [0.25, 0.3) is 0 Å². The number of amides is 3. The monoisotopic (exact) mass is 320 g/mol. The van der Waals surface area contributed by atoms with E-state index < -0.39 is 23.2 Å². The maximum absolute atomic E-state index is 12.0. The molecule has 0 radical (unpaired) electrons. The number of likely N-dealkylation sites (N-methyl/N-ethyl adjacent to an activating group) is 1. The fourth-order valence-corrected chi connectivity index (χ4v) is 1.20. The molecule has 0 aromatic rings. The molecule has 3 amide bonds. The minimum atomic E-state index is -0.924. The smallest absolute Gasteiger partial charge is 0.424 e. The Morgan fingerprint density at radius 1 is 1.14 bits per heavy atom. The van der Waals surface area contributed by atoms with Crippen LogP contribution >= 0.6 is 11.6 Å². The van der Waals surface area contributed by atoms with Gasteiger partial charge in [0.15, 0.2) is 0 Å². The molecule has 0 unspecified atom stereocenters. The Morgan fingerprint density at radius 2 is 1.67 bits per heavy atom. The molecule has 0 atom stereocenters. The van der Waals surface area contributed by atoms with Crippen molar-refractivity contribution in [2.24, 2.45) is 0 Å². The van der Waals surface area contributed by atoms with Gasteiger partial charge in [-0.2, -0.15) is 0 Å². The SMILES string of the molecule is C=C(C)OC(=O)N(CCN(C)C(=O)Cl)C(=O)OC(C)(C)C. The molecule has 7 nitrogen and oxygen atoms in total. The summed E-state index contributed by atoms with van der Waals surface area (Å²) in [4.78, 5) is 36.7. The summed E-state index contributed by atoms with van der Waals surface area (Å²) >= 11 is 5.28. The van der Waals surface area contributed by atoms with Gasteiger partial charge < -0.3 is 14.4 Å². The van der Waals surface area contributed by atoms with Crippen LogP contribution in [0.25, 0.3) is 0 Å². The Kier molecular flexibility index (Phi) is 7.21. The minimum Gasteiger partial charge on any atom is -0.443 e. The van der Waals surface area contributed by atoms with Crippen LogP contribution in [0.2, 0.25) is 0 Å². The Hall–Kier alpha value is -1.76. The number of hydrogen-bond donors (Lipinski definition) is 0. The van der Waals surface area contributed by atoms with Crippen LogP contribution in [0.4, 0.5) is 14.4 Å². The zero-order valence-electron chi connectivity index (χ0n) is 12.9. The van der Waals surface area contributed by atoms with Crippen molar-refractivity contribution in [1.29, 1.82) is 0 Å². The predicted molar refractivity (Wildman–Crippen MR) is 78.1 cm³/mol. The molecule has 0 aliphatic heterocycles. The molecule has 0 aliphatic carbocycles. The normalized spacial score (nSPS) is 10.6. The van der Waals surface area contributed by atoms with Gasteiger partial charge in [-0.15, -0.1) is 0 Å². The maximum atomic E-state index is 12.0. The fraction of sp³-hybridized carbons (Fsp3) is 0.615. The Bertz CT molecular complexity index is 431. The van der Waals surface area contributed by atoms with Crippen LogP contribution in [-0.4, -0.2) is 53.1 Å². The van der Waals surface area contributed by atoms with Crippen molar-refractivity contribution in [1.82, 2.24) is 9.80 Å². The average Bonchev–Trinajstić information content (AvgIpc) is 2.24. The highest BCUT2D eigenvalue weighted by Crippen LogP contribution is 2.12. The zero-order valence-corrected chi connectivity index (χ0v) is 13.7. The first-order chi connectivity index (χ1) is 9.44. The second-order valence-electron chi connectivity index (χ2n) is 5.38. The zero-order chi connectivity index (χ0) is 16.8. The van der Waals surface area contributed by atoms with Gasteiger partial charge in [-0.05, 0) is 39.3 Å². The minimum absolute atomic E-state index is 0.0485. The molecule has 21 heavy (non-hydrogen) atoms. The maximum Gasteiger partial charge on any atom is 0.424 e. The number of carbonyl (C=O) groups excluding carboxylic acids is 3. The van der Waals surface area contributed by atoms with E-state index in [-0.39, 0.29) is 18.8 Å². The lowest BCUT2D eigenvalue weighted by atomic mass is 10.2. The molecule has 0 aromatic carbocycles. The summed E-state index contributed by atoms with van der Waals surface area (Å²) in [6.07, 6.45) is -1.80. The molecule has 0 spiro atoms. The summed E-state index contributed by atoms with van der Waals surface area (Å²) in [6, 6.07) is 0. The van der Waals surface area contributed by atoms with E-state index in [1.54, 1.807) is 20.8 Å². The summed E-state index contributed by atoms with van der Waals surface area (Å²) in [5.41, 5.74) is -0.771. The molecule has 0 aromatic heterocycles. The summed E-state index contributed by atoms with van der Waals surface area (Å²) in [5.74, 6) is 0.135. The molecule has 0 N–H and O–H groups in total. The van der Waals surface area contributed by atoms with Gasteiger partial charge in [-0.3, -0.25) is 4.79 Å². The van der Waals surface area contributed by atoms with E-state index >= 15 is 0 Å². The van der Waals surface area contributed by atoms with Crippen molar-refractivity contribution in [2.75, 3.05) is 20.1 Å². The number of carbonyl (C=O) groups is 3. The summed E-state index contributed by atoms with van der Waals surface area (Å²) in [5, 5.41) is -0.701. The molecule has 0 saturated carbocycles. The third-order valence-corrected chi connectivity index (χ3v) is 2.34. The largest absolute Gasteiger partial charge is 0.443 e. The lowest BCUT2D eigenvalue weighted by Crippen LogP contribution is -2.44. The van der Waals surface area contributed by atoms with Crippen molar-refractivity contribution >= 4 is 29.2 Å². The van der Waals surface area contributed by atoms with Crippen LogP contribution in [-0.2, 0) is 9.47 Å². The highest BCUT2D eigenvalue weighted by Gasteiger charge is 2.29. The van der Waals surface area contributed by atoms with Crippen LogP contribution in [0, 0.1) is 0 Å². The van der Waals surface area contributed by atoms with Gasteiger partial charge >= 0.3 is 17.6 Å². The lowest BCUT2D eigenvalue weighted by molar-refractivity contribution is 0.0246. The van der Waals surface area contributed by atoms with E-state index in [1.807, 2.05) is 0 Å². The molecule has 0 rings (SSSR count). The van der Waals surface area contributed by atoms with E-state index in [2.05, 4.69) is 6.58 Å². The summed E-state index contributed by atoms with van der Waals surface area (Å²) in [7, 11) is 1.44. The molecular formula is C13H21ClN2O5. The van der Waals surface area contributed by atoms with Crippen LogP contribution in [0.3, 0.4) is 0 Å². The molecule has 0 aliphatic rings. The van der Waals surface area contributed by atoms with Crippen LogP contribution < -0.4 is 0 Å². The first-order valence-corrected chi connectivity index (χ1v) is 6.60. The molecule has 0 heterocycles. The van der Waals surface area contributed by atoms with Gasteiger partial charge in [0, 0.05) is 13.6 Å². The first-order valence-electron chi connectivity index (χ1n) is 6.22. The third kappa shape index (κ3) is 8.19. The van der Waals surface area contributed by atoms with Gasteiger partial charge in [-0.25, -0.2) is 14.5 Å². The quantitative estimate of drug-likeness (QED) is 0.451. The second-order valence-corrected chi connectivity index (χ2v) is 5.70. The number of halogens is 1. The number of imide groups is 1. The molecule has 0 bridgehead atoms.